The van der Waals surface area contributed by atoms with Gasteiger partial charge in [0.1, 0.15) is 0 Å². The van der Waals surface area contributed by atoms with Crippen LogP contribution in [-0.2, 0) is 14.9 Å². The van der Waals surface area contributed by atoms with Gasteiger partial charge in [0.2, 0.25) is 10.0 Å². The molecule has 0 saturated heterocycles. The number of nitrogens with zero attached hydrogens (tertiary/aromatic N) is 2. The average molecular weight is 568 g/mol. The highest BCUT2D eigenvalue weighted by Gasteiger charge is 2.44. The van der Waals surface area contributed by atoms with Crippen molar-refractivity contribution in [1.29, 1.82) is 0 Å². The number of sulfonamides is 1. The Balaban J connectivity index is 1.84. The summed E-state index contributed by atoms with van der Waals surface area (Å²) in [5.74, 6) is -3.18. The Labute approximate surface area is 216 Å². The lowest BCUT2D eigenvalue weighted by Crippen LogP contribution is -2.33. The molecule has 0 saturated carbocycles. The summed E-state index contributed by atoms with van der Waals surface area (Å²) >= 11 is 24.0. The second-order valence-corrected chi connectivity index (χ2v) is 10.7. The monoisotopic (exact) mass is 566 g/mol. The van der Waals surface area contributed by atoms with Gasteiger partial charge < -0.3 is 4.84 Å². The zero-order valence-electron chi connectivity index (χ0n) is 17.9. The van der Waals surface area contributed by atoms with Gasteiger partial charge in [-0.3, -0.25) is 9.59 Å². The minimum atomic E-state index is -3.75. The van der Waals surface area contributed by atoms with E-state index in [2.05, 4.69) is 0 Å². The largest absolute Gasteiger partial charge is 0.363 e. The molecular formula is C21H18Cl4N2O6S. The SMILES string of the molecule is CCCN(CCC)S(=O)(=O)c1ccc(C(=O)ON2C(=O)c3c(Cl)c(Cl)c(Cl)c(Cl)c3C2=O)cc1. The zero-order valence-corrected chi connectivity index (χ0v) is 21.7. The number of halogens is 4. The number of rotatable bonds is 8. The van der Waals surface area contributed by atoms with Gasteiger partial charge in [-0.15, -0.1) is 0 Å². The van der Waals surface area contributed by atoms with Crippen molar-refractivity contribution in [3.8, 4) is 0 Å². The molecule has 0 unspecified atom stereocenters. The van der Waals surface area contributed by atoms with Gasteiger partial charge >= 0.3 is 5.97 Å². The predicted octanol–water partition coefficient (Wildman–Crippen LogP) is 5.48. The highest BCUT2D eigenvalue weighted by molar-refractivity contribution is 7.89. The molecule has 2 aromatic rings. The van der Waals surface area contributed by atoms with Crippen molar-refractivity contribution in [2.24, 2.45) is 0 Å². The van der Waals surface area contributed by atoms with Crippen LogP contribution >= 0.6 is 46.4 Å². The standard InChI is InChI=1S/C21H18Cl4N2O6S/c1-3-9-26(10-4-2)34(31,32)12-7-5-11(6-8-12)21(30)33-27-19(28)13-14(20(27)29)16(23)18(25)17(24)15(13)22/h5-8H,3-4,9-10H2,1-2H3. The summed E-state index contributed by atoms with van der Waals surface area (Å²) in [4.78, 5) is 43.0. The first-order valence-electron chi connectivity index (χ1n) is 10.0. The molecule has 1 aliphatic rings. The fourth-order valence-corrected chi connectivity index (χ4v) is 5.95. The minimum absolute atomic E-state index is 0.00507. The van der Waals surface area contributed by atoms with E-state index in [-0.39, 0.29) is 46.7 Å². The summed E-state index contributed by atoms with van der Waals surface area (Å²) in [5, 5.41) is -0.856. The van der Waals surface area contributed by atoms with Gasteiger partial charge in [0.25, 0.3) is 11.8 Å². The molecular weight excluding hydrogens is 550 g/mol. The molecule has 0 aliphatic carbocycles. The molecule has 0 spiro atoms. The van der Waals surface area contributed by atoms with E-state index in [1.54, 1.807) is 0 Å². The van der Waals surface area contributed by atoms with Crippen molar-refractivity contribution in [2.75, 3.05) is 13.1 Å². The fourth-order valence-electron chi connectivity index (χ4n) is 3.31. The molecule has 0 fully saturated rings. The van der Waals surface area contributed by atoms with Crippen molar-refractivity contribution in [3.05, 3.63) is 61.0 Å². The van der Waals surface area contributed by atoms with Crippen molar-refractivity contribution in [2.45, 2.75) is 31.6 Å². The zero-order chi connectivity index (χ0) is 25.4. The number of fused-ring (bicyclic) bond motifs is 1. The number of hydrogen-bond donors (Lipinski definition) is 0. The molecule has 34 heavy (non-hydrogen) atoms. The highest BCUT2D eigenvalue weighted by atomic mass is 35.5. The second kappa shape index (κ2) is 10.4. The number of imide groups is 1. The number of benzene rings is 2. The Hall–Kier alpha value is -1.88. The van der Waals surface area contributed by atoms with Crippen LogP contribution in [0.1, 0.15) is 57.8 Å². The lowest BCUT2D eigenvalue weighted by Gasteiger charge is -2.21. The summed E-state index contributed by atoms with van der Waals surface area (Å²) in [7, 11) is -3.75. The van der Waals surface area contributed by atoms with E-state index in [1.807, 2.05) is 13.8 Å². The Morgan fingerprint density at radius 1 is 0.853 bits per heavy atom. The van der Waals surface area contributed by atoms with E-state index in [0.29, 0.717) is 25.9 Å². The van der Waals surface area contributed by atoms with Crippen molar-refractivity contribution in [1.82, 2.24) is 9.37 Å². The lowest BCUT2D eigenvalue weighted by molar-refractivity contribution is -0.0584. The molecule has 0 atom stereocenters. The fraction of sp³-hybridized carbons (Fsp3) is 0.286. The second-order valence-electron chi connectivity index (χ2n) is 7.22. The van der Waals surface area contributed by atoms with E-state index < -0.39 is 27.8 Å². The van der Waals surface area contributed by atoms with Gasteiger partial charge in [-0.1, -0.05) is 65.3 Å². The van der Waals surface area contributed by atoms with Gasteiger partial charge in [0.05, 0.1) is 41.7 Å². The summed E-state index contributed by atoms with van der Waals surface area (Å²) < 4.78 is 27.1. The van der Waals surface area contributed by atoms with Crippen molar-refractivity contribution in [3.63, 3.8) is 0 Å². The quantitative estimate of drug-likeness (QED) is 0.238. The van der Waals surface area contributed by atoms with Crippen LogP contribution < -0.4 is 0 Å². The maximum atomic E-state index is 12.9. The van der Waals surface area contributed by atoms with Crippen molar-refractivity contribution >= 4 is 74.2 Å². The molecule has 0 aromatic heterocycles. The van der Waals surface area contributed by atoms with Crippen LogP contribution in [0.3, 0.4) is 0 Å². The Bertz CT molecular complexity index is 1230. The normalized spacial score (nSPS) is 13.6. The van der Waals surface area contributed by atoms with Crippen LogP contribution in [0.15, 0.2) is 29.2 Å². The van der Waals surface area contributed by atoms with Crippen LogP contribution in [0.2, 0.25) is 20.1 Å². The molecule has 0 N–H and O–H groups in total. The molecule has 13 heteroatoms. The average Bonchev–Trinajstić information content (AvgIpc) is 3.06. The predicted molar refractivity (Wildman–Crippen MR) is 128 cm³/mol. The topological polar surface area (TPSA) is 101 Å². The Kier molecular flexibility index (Phi) is 8.17. The van der Waals surface area contributed by atoms with Gasteiger partial charge in [-0.05, 0) is 37.1 Å². The Morgan fingerprint density at radius 2 is 1.29 bits per heavy atom. The van der Waals surface area contributed by atoms with E-state index in [0.717, 1.165) is 0 Å². The van der Waals surface area contributed by atoms with E-state index >= 15 is 0 Å². The van der Waals surface area contributed by atoms with Gasteiger partial charge in [-0.2, -0.15) is 4.31 Å². The van der Waals surface area contributed by atoms with Gasteiger partial charge in [0, 0.05) is 13.1 Å². The molecule has 3 rings (SSSR count). The lowest BCUT2D eigenvalue weighted by atomic mass is 10.1. The first-order chi connectivity index (χ1) is 16.0. The van der Waals surface area contributed by atoms with Crippen LogP contribution in [0.4, 0.5) is 0 Å². The molecule has 2 amide bonds. The van der Waals surface area contributed by atoms with E-state index in [9.17, 15) is 22.8 Å². The van der Waals surface area contributed by atoms with E-state index in [1.165, 1.54) is 28.6 Å². The molecule has 8 nitrogen and oxygen atoms in total. The van der Waals surface area contributed by atoms with Crippen LogP contribution in [0.25, 0.3) is 0 Å². The van der Waals surface area contributed by atoms with E-state index in [4.69, 9.17) is 51.2 Å². The summed E-state index contributed by atoms with van der Waals surface area (Å²) in [5.41, 5.74) is -0.777. The van der Waals surface area contributed by atoms with Crippen LogP contribution in [0, 0.1) is 0 Å². The maximum absolute atomic E-state index is 12.9. The number of hydroxylamine groups is 2. The van der Waals surface area contributed by atoms with Gasteiger partial charge in [-0.25, -0.2) is 13.2 Å². The van der Waals surface area contributed by atoms with Crippen LogP contribution in [0.5, 0.6) is 0 Å². The Morgan fingerprint density at radius 3 is 1.71 bits per heavy atom. The first kappa shape index (κ1) is 26.7. The summed E-state index contributed by atoms with van der Waals surface area (Å²) in [6.45, 7) is 4.47. The molecule has 0 bridgehead atoms. The number of amides is 2. The minimum Gasteiger partial charge on any atom is -0.324 e. The number of hydrogen-bond acceptors (Lipinski definition) is 6. The molecule has 1 aliphatic heterocycles. The molecule has 182 valence electrons. The molecule has 1 heterocycles. The third kappa shape index (κ3) is 4.65. The molecule has 0 radical (unpaired) electrons. The number of carbonyl (C=O) groups excluding carboxylic acids is 3. The summed E-state index contributed by atoms with van der Waals surface area (Å²) in [6, 6.07) is 4.94. The van der Waals surface area contributed by atoms with Gasteiger partial charge in [0.15, 0.2) is 0 Å². The highest BCUT2D eigenvalue weighted by Crippen LogP contribution is 2.44. The smallest absolute Gasteiger partial charge is 0.324 e. The van der Waals surface area contributed by atoms with Crippen LogP contribution in [-0.4, -0.2) is 48.7 Å². The summed E-state index contributed by atoms with van der Waals surface area (Å²) in [6.07, 6.45) is 1.29. The maximum Gasteiger partial charge on any atom is 0.363 e. The van der Waals surface area contributed by atoms with Crippen molar-refractivity contribution < 1.29 is 27.6 Å². The third-order valence-electron chi connectivity index (χ3n) is 4.91. The first-order valence-corrected chi connectivity index (χ1v) is 13.0. The molecule has 2 aromatic carbocycles. The third-order valence-corrected chi connectivity index (χ3v) is 8.63. The number of carbonyl (C=O) groups is 3.